The number of hydrogen-bond acceptors (Lipinski definition) is 5. The summed E-state index contributed by atoms with van der Waals surface area (Å²) < 4.78 is 13.1. The van der Waals surface area contributed by atoms with Crippen molar-refractivity contribution < 1.29 is 18.9 Å². The number of carbonyl (C=O) groups excluding carboxylic acids is 2. The minimum atomic E-state index is -0.402. The first kappa shape index (κ1) is 17.8. The first-order chi connectivity index (χ1) is 13.0. The lowest BCUT2D eigenvalue weighted by atomic mass is 10.1. The number of benzene rings is 1. The van der Waals surface area contributed by atoms with Crippen molar-refractivity contribution in [2.75, 3.05) is 36.0 Å². The van der Waals surface area contributed by atoms with Gasteiger partial charge in [-0.1, -0.05) is 11.6 Å². The van der Waals surface area contributed by atoms with E-state index >= 15 is 0 Å². The molecule has 0 bridgehead atoms. The molecule has 1 aromatic heterocycles. The lowest BCUT2D eigenvalue weighted by Crippen LogP contribution is -3.19. The standard InChI is InChI=1S/C18H17ClFN5O2/c19-15-5-6-16(22-21-15)24-9-7-23(8-10-24)14-11-17(26)25(18(14)27)13-3-1-12(20)2-4-13/h1-6,14H,7-11H2/p+1/t14-/m1/s1. The zero-order chi connectivity index (χ0) is 19.0. The summed E-state index contributed by atoms with van der Waals surface area (Å²) in [6, 6.07) is 8.54. The number of imide groups is 1. The van der Waals surface area contributed by atoms with Crippen LogP contribution in [0.15, 0.2) is 36.4 Å². The highest BCUT2D eigenvalue weighted by molar-refractivity contribution is 6.29. The zero-order valence-electron chi connectivity index (χ0n) is 14.4. The summed E-state index contributed by atoms with van der Waals surface area (Å²) in [7, 11) is 0. The van der Waals surface area contributed by atoms with Crippen LogP contribution in [0.5, 0.6) is 0 Å². The SMILES string of the molecule is O=C1C[C@@H]([NH+]2CCN(c3ccc(Cl)nn3)CC2)C(=O)N1c1ccc(F)cc1. The molecule has 2 aliphatic heterocycles. The number of halogens is 2. The summed E-state index contributed by atoms with van der Waals surface area (Å²) in [6.45, 7) is 2.84. The van der Waals surface area contributed by atoms with Crippen LogP contribution in [0, 0.1) is 5.82 Å². The molecule has 27 heavy (non-hydrogen) atoms. The minimum absolute atomic E-state index is 0.173. The molecule has 1 aromatic carbocycles. The zero-order valence-corrected chi connectivity index (χ0v) is 15.2. The molecule has 9 heteroatoms. The van der Waals surface area contributed by atoms with E-state index in [9.17, 15) is 14.0 Å². The fourth-order valence-electron chi connectivity index (χ4n) is 3.66. The molecule has 0 unspecified atom stereocenters. The van der Waals surface area contributed by atoms with Gasteiger partial charge in [-0.3, -0.25) is 9.59 Å². The number of nitrogens with one attached hydrogen (secondary N) is 1. The maximum Gasteiger partial charge on any atom is 0.292 e. The Morgan fingerprint density at radius 2 is 1.74 bits per heavy atom. The molecule has 7 nitrogen and oxygen atoms in total. The predicted octanol–water partition coefficient (Wildman–Crippen LogP) is 0.306. The highest BCUT2D eigenvalue weighted by atomic mass is 35.5. The molecule has 2 aromatic rings. The van der Waals surface area contributed by atoms with E-state index in [4.69, 9.17) is 11.6 Å². The highest BCUT2D eigenvalue weighted by Gasteiger charge is 2.46. The maximum atomic E-state index is 13.1. The summed E-state index contributed by atoms with van der Waals surface area (Å²) in [5, 5.41) is 8.29. The Hall–Kier alpha value is -2.58. The Kier molecular flexibility index (Phi) is 4.75. The van der Waals surface area contributed by atoms with E-state index in [1.165, 1.54) is 29.2 Å². The van der Waals surface area contributed by atoms with Crippen molar-refractivity contribution in [1.29, 1.82) is 0 Å². The van der Waals surface area contributed by atoms with Gasteiger partial charge < -0.3 is 9.80 Å². The number of rotatable bonds is 3. The number of quaternary nitrogens is 1. The number of anilines is 2. The van der Waals surface area contributed by atoms with Crippen LogP contribution in [0.2, 0.25) is 5.15 Å². The van der Waals surface area contributed by atoms with Crippen LogP contribution in [-0.4, -0.2) is 54.2 Å². The predicted molar refractivity (Wildman–Crippen MR) is 97.2 cm³/mol. The first-order valence-corrected chi connectivity index (χ1v) is 9.12. The Morgan fingerprint density at radius 3 is 2.37 bits per heavy atom. The molecular formula is C18H18ClFN5O2+. The summed E-state index contributed by atoms with van der Waals surface area (Å²) in [4.78, 5) is 29.6. The van der Waals surface area contributed by atoms with E-state index in [0.29, 0.717) is 37.0 Å². The highest BCUT2D eigenvalue weighted by Crippen LogP contribution is 2.22. The summed E-state index contributed by atoms with van der Waals surface area (Å²) in [5.41, 5.74) is 0.420. The average Bonchev–Trinajstić information content (AvgIpc) is 2.98. The third-order valence-corrected chi connectivity index (χ3v) is 5.27. The fraction of sp³-hybridized carbons (Fsp3) is 0.333. The Morgan fingerprint density at radius 1 is 1.04 bits per heavy atom. The molecule has 3 heterocycles. The monoisotopic (exact) mass is 390 g/mol. The van der Waals surface area contributed by atoms with Crippen molar-refractivity contribution >= 4 is 34.9 Å². The van der Waals surface area contributed by atoms with Crippen LogP contribution >= 0.6 is 11.6 Å². The van der Waals surface area contributed by atoms with Gasteiger partial charge in [0.05, 0.1) is 38.3 Å². The van der Waals surface area contributed by atoms with Gasteiger partial charge in [-0.05, 0) is 36.4 Å². The van der Waals surface area contributed by atoms with E-state index in [1.807, 2.05) is 6.07 Å². The molecule has 0 aliphatic carbocycles. The molecule has 1 atom stereocenters. The summed E-state index contributed by atoms with van der Waals surface area (Å²) in [5.74, 6) is -0.113. The van der Waals surface area contributed by atoms with Gasteiger partial charge in [-0.25, -0.2) is 9.29 Å². The summed E-state index contributed by atoms with van der Waals surface area (Å²) >= 11 is 5.77. The second-order valence-electron chi connectivity index (χ2n) is 6.66. The molecular weight excluding hydrogens is 373 g/mol. The van der Waals surface area contributed by atoms with E-state index < -0.39 is 11.9 Å². The quantitative estimate of drug-likeness (QED) is 0.764. The van der Waals surface area contributed by atoms with Crippen molar-refractivity contribution in [3.63, 3.8) is 0 Å². The molecule has 2 aliphatic rings. The smallest absolute Gasteiger partial charge is 0.292 e. The van der Waals surface area contributed by atoms with Gasteiger partial charge in [0.25, 0.3) is 5.91 Å². The number of amides is 2. The molecule has 2 amide bonds. The molecule has 140 valence electrons. The van der Waals surface area contributed by atoms with Crippen LogP contribution in [0.4, 0.5) is 15.9 Å². The Bertz CT molecular complexity index is 853. The lowest BCUT2D eigenvalue weighted by Gasteiger charge is -2.34. The number of nitrogens with zero attached hydrogens (tertiary/aromatic N) is 4. The maximum absolute atomic E-state index is 13.1. The fourth-order valence-corrected chi connectivity index (χ4v) is 3.76. The van der Waals surface area contributed by atoms with Crippen molar-refractivity contribution in [3.05, 3.63) is 47.4 Å². The van der Waals surface area contributed by atoms with Gasteiger partial charge in [0.1, 0.15) is 5.82 Å². The third-order valence-electron chi connectivity index (χ3n) is 5.07. The molecule has 0 saturated carbocycles. The lowest BCUT2D eigenvalue weighted by molar-refractivity contribution is -0.915. The van der Waals surface area contributed by atoms with E-state index in [0.717, 1.165) is 10.7 Å². The molecule has 0 radical (unpaired) electrons. The minimum Gasteiger partial charge on any atom is -0.344 e. The van der Waals surface area contributed by atoms with Crippen molar-refractivity contribution in [1.82, 2.24) is 10.2 Å². The number of piperazine rings is 1. The van der Waals surface area contributed by atoms with Gasteiger partial charge in [-0.15, -0.1) is 10.2 Å². The van der Waals surface area contributed by atoms with Crippen molar-refractivity contribution in [2.24, 2.45) is 0 Å². The molecule has 1 N–H and O–H groups in total. The van der Waals surface area contributed by atoms with Gasteiger partial charge in [0.2, 0.25) is 5.91 Å². The second kappa shape index (κ2) is 7.21. The van der Waals surface area contributed by atoms with E-state index in [1.54, 1.807) is 6.07 Å². The van der Waals surface area contributed by atoms with Gasteiger partial charge in [0.15, 0.2) is 17.0 Å². The molecule has 4 rings (SSSR count). The Balaban J connectivity index is 1.43. The Labute approximate surface area is 160 Å². The largest absolute Gasteiger partial charge is 0.344 e. The van der Waals surface area contributed by atoms with Crippen LogP contribution < -0.4 is 14.7 Å². The molecule has 2 saturated heterocycles. The van der Waals surface area contributed by atoms with Crippen LogP contribution in [-0.2, 0) is 9.59 Å². The van der Waals surface area contributed by atoms with Gasteiger partial charge in [-0.2, -0.15) is 0 Å². The van der Waals surface area contributed by atoms with Crippen molar-refractivity contribution in [2.45, 2.75) is 12.5 Å². The van der Waals surface area contributed by atoms with Crippen LogP contribution in [0.1, 0.15) is 6.42 Å². The second-order valence-corrected chi connectivity index (χ2v) is 7.05. The average molecular weight is 391 g/mol. The van der Waals surface area contributed by atoms with Crippen LogP contribution in [0.3, 0.4) is 0 Å². The first-order valence-electron chi connectivity index (χ1n) is 8.74. The molecule has 0 spiro atoms. The van der Waals surface area contributed by atoms with Crippen LogP contribution in [0.25, 0.3) is 0 Å². The third kappa shape index (κ3) is 3.50. The number of carbonyl (C=O) groups is 2. The molecule has 2 fully saturated rings. The van der Waals surface area contributed by atoms with E-state index in [2.05, 4.69) is 15.1 Å². The van der Waals surface area contributed by atoms with Crippen molar-refractivity contribution in [3.8, 4) is 0 Å². The van der Waals surface area contributed by atoms with Gasteiger partial charge >= 0.3 is 0 Å². The summed E-state index contributed by atoms with van der Waals surface area (Å²) in [6.07, 6.45) is 0.173. The van der Waals surface area contributed by atoms with E-state index in [-0.39, 0.29) is 18.2 Å². The normalized spacial score (nSPS) is 21.2. The number of aromatic nitrogens is 2. The number of hydrogen-bond donors (Lipinski definition) is 1. The van der Waals surface area contributed by atoms with Gasteiger partial charge in [0, 0.05) is 0 Å². The topological polar surface area (TPSA) is 70.8 Å².